The number of thiophene rings is 1. The molecule has 0 radical (unpaired) electrons. The lowest BCUT2D eigenvalue weighted by molar-refractivity contribution is 0.622. The predicted octanol–water partition coefficient (Wildman–Crippen LogP) is 2.92. The molecule has 88 valence electrons. The molecule has 0 spiro atoms. The van der Waals surface area contributed by atoms with Gasteiger partial charge in [0.25, 0.3) is 0 Å². The monoisotopic (exact) mass is 309 g/mol. The molecule has 0 saturated carbocycles. The Morgan fingerprint density at radius 3 is 3.06 bits per heavy atom. The van der Waals surface area contributed by atoms with Crippen molar-refractivity contribution in [3.63, 3.8) is 0 Å². The maximum Gasteiger partial charge on any atom is 0.169 e. The van der Waals surface area contributed by atoms with Gasteiger partial charge in [-0.1, -0.05) is 0 Å². The largest absolute Gasteiger partial charge is 0.312 e. The fraction of sp³-hybridized carbons (Fsp3) is 0.333. The van der Waals surface area contributed by atoms with Crippen LogP contribution in [0.15, 0.2) is 15.9 Å². The first-order valence-electron chi connectivity index (χ1n) is 5.55. The zero-order valence-electron chi connectivity index (χ0n) is 9.46. The highest BCUT2D eigenvalue weighted by molar-refractivity contribution is 9.10. The molecule has 2 aromatic rings. The molecule has 0 unspecified atom stereocenters. The molecule has 0 bridgehead atoms. The number of rotatable bonds is 1. The summed E-state index contributed by atoms with van der Waals surface area (Å²) in [4.78, 5) is 10.4. The maximum atomic E-state index is 4.70. The van der Waals surface area contributed by atoms with Crippen molar-refractivity contribution >= 4 is 27.3 Å². The molecule has 0 aliphatic carbocycles. The number of aryl methyl sites for hydroxylation is 1. The number of aromatic nitrogens is 2. The minimum absolute atomic E-state index is 0.860. The van der Waals surface area contributed by atoms with E-state index in [0.29, 0.717) is 0 Å². The van der Waals surface area contributed by atoms with Crippen molar-refractivity contribution in [1.82, 2.24) is 15.3 Å². The highest BCUT2D eigenvalue weighted by Crippen LogP contribution is 2.29. The Bertz CT molecular complexity index is 565. The fourth-order valence-corrected chi connectivity index (χ4v) is 3.41. The van der Waals surface area contributed by atoms with Gasteiger partial charge in [0, 0.05) is 40.6 Å². The van der Waals surface area contributed by atoms with E-state index < -0.39 is 0 Å². The minimum Gasteiger partial charge on any atom is -0.312 e. The molecule has 3 nitrogen and oxygen atoms in total. The number of halogens is 1. The van der Waals surface area contributed by atoms with Crippen molar-refractivity contribution in [3.8, 4) is 10.7 Å². The number of hydrogen-bond acceptors (Lipinski definition) is 4. The van der Waals surface area contributed by atoms with Crippen LogP contribution < -0.4 is 5.32 Å². The SMILES string of the molecule is Cc1nc(-c2cc(Br)cs2)nc2c1CNCC2. The second-order valence-corrected chi connectivity index (χ2v) is 5.94. The summed E-state index contributed by atoms with van der Waals surface area (Å²) in [5, 5.41) is 5.42. The third-order valence-corrected chi connectivity index (χ3v) is 4.61. The summed E-state index contributed by atoms with van der Waals surface area (Å²) in [5.41, 5.74) is 3.58. The van der Waals surface area contributed by atoms with Crippen molar-refractivity contribution in [2.24, 2.45) is 0 Å². The van der Waals surface area contributed by atoms with E-state index >= 15 is 0 Å². The Hall–Kier alpha value is -0.780. The van der Waals surface area contributed by atoms with E-state index in [1.807, 2.05) is 0 Å². The van der Waals surface area contributed by atoms with Crippen LogP contribution in [0, 0.1) is 6.92 Å². The van der Waals surface area contributed by atoms with Gasteiger partial charge in [0.2, 0.25) is 0 Å². The third-order valence-electron chi connectivity index (χ3n) is 2.93. The van der Waals surface area contributed by atoms with E-state index in [4.69, 9.17) is 4.98 Å². The lowest BCUT2D eigenvalue weighted by Crippen LogP contribution is -2.26. The quantitative estimate of drug-likeness (QED) is 0.880. The fourth-order valence-electron chi connectivity index (χ4n) is 2.05. The molecule has 1 aliphatic rings. The molecule has 17 heavy (non-hydrogen) atoms. The first-order chi connectivity index (χ1) is 8.24. The normalized spacial score (nSPS) is 14.7. The van der Waals surface area contributed by atoms with Crippen LogP contribution in [0.5, 0.6) is 0 Å². The molecule has 0 amide bonds. The summed E-state index contributed by atoms with van der Waals surface area (Å²) in [6, 6.07) is 2.08. The molecular weight excluding hydrogens is 298 g/mol. The van der Waals surface area contributed by atoms with Crippen LogP contribution in [0.1, 0.15) is 17.0 Å². The van der Waals surface area contributed by atoms with E-state index in [-0.39, 0.29) is 0 Å². The Kier molecular flexibility index (Phi) is 2.98. The zero-order valence-corrected chi connectivity index (χ0v) is 11.9. The van der Waals surface area contributed by atoms with Crippen LogP contribution in [-0.2, 0) is 13.0 Å². The Morgan fingerprint density at radius 1 is 1.41 bits per heavy atom. The van der Waals surface area contributed by atoms with Gasteiger partial charge in [-0.15, -0.1) is 11.3 Å². The van der Waals surface area contributed by atoms with E-state index in [1.54, 1.807) is 11.3 Å². The van der Waals surface area contributed by atoms with Crippen molar-refractivity contribution in [1.29, 1.82) is 0 Å². The Balaban J connectivity index is 2.10. The molecule has 0 aromatic carbocycles. The standard InChI is InChI=1S/C12H12BrN3S/c1-7-9-5-14-3-2-10(9)16-12(15-7)11-4-8(13)6-17-11/h4,6,14H,2-3,5H2,1H3. The highest BCUT2D eigenvalue weighted by atomic mass is 79.9. The van der Waals surface area contributed by atoms with Gasteiger partial charge in [-0.25, -0.2) is 9.97 Å². The molecule has 3 rings (SSSR count). The van der Waals surface area contributed by atoms with Crippen molar-refractivity contribution in [2.75, 3.05) is 6.54 Å². The summed E-state index contributed by atoms with van der Waals surface area (Å²) in [7, 11) is 0. The third kappa shape index (κ3) is 2.14. The molecule has 2 aromatic heterocycles. The topological polar surface area (TPSA) is 37.8 Å². The number of fused-ring (bicyclic) bond motifs is 1. The van der Waals surface area contributed by atoms with Gasteiger partial charge in [0.15, 0.2) is 5.82 Å². The minimum atomic E-state index is 0.860. The Labute approximate surface area is 112 Å². The molecule has 1 aliphatic heterocycles. The molecule has 0 saturated heterocycles. The second kappa shape index (κ2) is 4.48. The van der Waals surface area contributed by atoms with Gasteiger partial charge < -0.3 is 5.32 Å². The van der Waals surface area contributed by atoms with E-state index in [9.17, 15) is 0 Å². The summed E-state index contributed by atoms with van der Waals surface area (Å²) in [5.74, 6) is 0.860. The van der Waals surface area contributed by atoms with Gasteiger partial charge in [-0.2, -0.15) is 0 Å². The maximum absolute atomic E-state index is 4.70. The van der Waals surface area contributed by atoms with Crippen molar-refractivity contribution < 1.29 is 0 Å². The van der Waals surface area contributed by atoms with E-state index in [1.165, 1.54) is 11.3 Å². The molecule has 5 heteroatoms. The van der Waals surface area contributed by atoms with Crippen LogP contribution in [-0.4, -0.2) is 16.5 Å². The van der Waals surface area contributed by atoms with Gasteiger partial charge >= 0.3 is 0 Å². The van der Waals surface area contributed by atoms with Gasteiger partial charge in [0.1, 0.15) is 0 Å². The van der Waals surface area contributed by atoms with Crippen LogP contribution in [0.25, 0.3) is 10.7 Å². The van der Waals surface area contributed by atoms with Crippen LogP contribution in [0.4, 0.5) is 0 Å². The van der Waals surface area contributed by atoms with Crippen LogP contribution >= 0.6 is 27.3 Å². The summed E-state index contributed by atoms with van der Waals surface area (Å²) in [6.45, 7) is 3.98. The smallest absolute Gasteiger partial charge is 0.169 e. The van der Waals surface area contributed by atoms with Crippen LogP contribution in [0.3, 0.4) is 0 Å². The molecule has 0 fully saturated rings. The lowest BCUT2D eigenvalue weighted by atomic mass is 10.1. The molecule has 3 heterocycles. The van der Waals surface area contributed by atoms with E-state index in [2.05, 4.69) is 44.6 Å². The average Bonchev–Trinajstić information content (AvgIpc) is 2.76. The molecule has 1 N–H and O–H groups in total. The molecule has 0 atom stereocenters. The summed E-state index contributed by atoms with van der Waals surface area (Å²) < 4.78 is 1.10. The second-order valence-electron chi connectivity index (χ2n) is 4.11. The number of hydrogen-bond donors (Lipinski definition) is 1. The van der Waals surface area contributed by atoms with Gasteiger partial charge in [0.05, 0.1) is 10.6 Å². The van der Waals surface area contributed by atoms with E-state index in [0.717, 1.165) is 40.4 Å². The van der Waals surface area contributed by atoms with Gasteiger partial charge in [-0.3, -0.25) is 0 Å². The average molecular weight is 310 g/mol. The zero-order chi connectivity index (χ0) is 11.8. The predicted molar refractivity (Wildman–Crippen MR) is 73.2 cm³/mol. The highest BCUT2D eigenvalue weighted by Gasteiger charge is 2.16. The number of nitrogens with one attached hydrogen (secondary N) is 1. The first-order valence-corrected chi connectivity index (χ1v) is 7.23. The summed E-state index contributed by atoms with van der Waals surface area (Å²) >= 11 is 5.14. The van der Waals surface area contributed by atoms with Crippen molar-refractivity contribution in [3.05, 3.63) is 32.9 Å². The van der Waals surface area contributed by atoms with Crippen LogP contribution in [0.2, 0.25) is 0 Å². The lowest BCUT2D eigenvalue weighted by Gasteiger charge is -2.18. The number of nitrogens with zero attached hydrogens (tertiary/aromatic N) is 2. The van der Waals surface area contributed by atoms with Crippen molar-refractivity contribution in [2.45, 2.75) is 19.9 Å². The molecular formula is C12H12BrN3S. The van der Waals surface area contributed by atoms with Gasteiger partial charge in [-0.05, 0) is 28.9 Å². The first kappa shape index (κ1) is 11.3. The summed E-state index contributed by atoms with van der Waals surface area (Å²) in [6.07, 6.45) is 0.998. The Morgan fingerprint density at radius 2 is 2.29 bits per heavy atom.